The SMILES string of the molecule is COC(=O)[C@H](COCc1cccc(OCCOS(=O)(=O)c2ccc(C)cc2)c1)NC(=O)Cn1cc(COc2ccc3nc(S(N)(=O)=O)sc3c2)nn1.NS(=O)(=O)c1nc2ccc(OCc3cn(CC(=O)N[C@@H](COCc4cccc(OCCF)c4)C(=O)O)nn3)cc2s1. The summed E-state index contributed by atoms with van der Waals surface area (Å²) in [6, 6.07) is 27.2. The Morgan fingerprint density at radius 1 is 0.602 bits per heavy atom. The minimum absolute atomic E-state index is 0.000414. The summed E-state index contributed by atoms with van der Waals surface area (Å²) in [4.78, 5) is 57.3. The number of aryl methyl sites for hydroxylation is 1. The molecule has 7 N–H and O–H groups in total. The molecule has 9 rings (SSSR count). The highest BCUT2D eigenvalue weighted by Crippen LogP contribution is 2.30. The number of carbonyl (C=O) groups excluding carboxylic acids is 3. The molecule has 0 fully saturated rings. The number of carboxylic acids is 1. The molecule has 2 amide bonds. The van der Waals surface area contributed by atoms with Gasteiger partial charge in [0.1, 0.15) is 87.2 Å². The average Bonchev–Trinajstić information content (AvgIpc) is 1.69. The zero-order valence-corrected chi connectivity index (χ0v) is 53.2. The summed E-state index contributed by atoms with van der Waals surface area (Å²) in [6.45, 7) is -0.00147. The molecule has 31 nitrogen and oxygen atoms in total. The molecule has 0 aliphatic rings. The van der Waals surface area contributed by atoms with E-state index in [1.165, 1.54) is 41.0 Å². The Bertz CT molecular complexity index is 4420. The van der Waals surface area contributed by atoms with Gasteiger partial charge < -0.3 is 48.9 Å². The molecule has 0 radical (unpaired) electrons. The number of hydrogen-bond donors (Lipinski definition) is 5. The molecule has 37 heteroatoms. The van der Waals surface area contributed by atoms with E-state index < -0.39 is 72.7 Å². The van der Waals surface area contributed by atoms with Crippen molar-refractivity contribution in [2.24, 2.45) is 10.3 Å². The predicted molar refractivity (Wildman–Crippen MR) is 328 cm³/mol. The van der Waals surface area contributed by atoms with Gasteiger partial charge in [-0.3, -0.25) is 13.8 Å². The summed E-state index contributed by atoms with van der Waals surface area (Å²) < 4.78 is 130. The number of amides is 2. The first kappa shape index (κ1) is 69.7. The van der Waals surface area contributed by atoms with Gasteiger partial charge in [-0.1, -0.05) is 52.4 Å². The fourth-order valence-electron chi connectivity index (χ4n) is 8.00. The van der Waals surface area contributed by atoms with Crippen LogP contribution in [0.5, 0.6) is 23.0 Å². The van der Waals surface area contributed by atoms with Crippen LogP contribution >= 0.6 is 22.7 Å². The maximum atomic E-state index is 12.8. The van der Waals surface area contributed by atoms with Gasteiger partial charge in [-0.05, 0) is 90.8 Å². The number of rotatable bonds is 33. The lowest BCUT2D eigenvalue weighted by Crippen LogP contribution is -2.45. The number of nitrogens with two attached hydrogens (primary N) is 2. The van der Waals surface area contributed by atoms with E-state index in [1.807, 2.05) is 6.92 Å². The highest BCUT2D eigenvalue weighted by molar-refractivity contribution is 7.91. The van der Waals surface area contributed by atoms with Gasteiger partial charge in [0.05, 0.1) is 71.3 Å². The normalized spacial score (nSPS) is 12.3. The Labute approximate surface area is 537 Å². The molecular formula is C56H59FN12O19S5. The molecule has 0 saturated carbocycles. The van der Waals surface area contributed by atoms with Gasteiger partial charge in [0, 0.05) is 0 Å². The average molecular weight is 1380 g/mol. The van der Waals surface area contributed by atoms with Crippen LogP contribution in [0, 0.1) is 6.92 Å². The van der Waals surface area contributed by atoms with Crippen molar-refractivity contribution in [3.63, 3.8) is 0 Å². The Morgan fingerprint density at radius 2 is 1.08 bits per heavy atom. The van der Waals surface area contributed by atoms with Crippen molar-refractivity contribution in [2.45, 2.75) is 72.1 Å². The van der Waals surface area contributed by atoms with E-state index in [-0.39, 0.29) is 86.1 Å². The van der Waals surface area contributed by atoms with Gasteiger partial charge in [0.25, 0.3) is 30.2 Å². The molecule has 4 aromatic heterocycles. The van der Waals surface area contributed by atoms with Crippen LogP contribution in [-0.2, 0) is 107 Å². The van der Waals surface area contributed by atoms with E-state index in [9.17, 15) is 53.9 Å². The van der Waals surface area contributed by atoms with Crippen LogP contribution in [0.3, 0.4) is 0 Å². The highest BCUT2D eigenvalue weighted by Gasteiger charge is 2.25. The van der Waals surface area contributed by atoms with Crippen molar-refractivity contribution in [3.8, 4) is 23.0 Å². The number of primary sulfonamides is 2. The number of carboxylic acid groups (broad SMARTS) is 1. The van der Waals surface area contributed by atoms with E-state index in [2.05, 4.69) is 41.2 Å². The van der Waals surface area contributed by atoms with Crippen LogP contribution in [0.25, 0.3) is 20.4 Å². The van der Waals surface area contributed by atoms with Crippen LogP contribution in [0.2, 0.25) is 0 Å². The summed E-state index contributed by atoms with van der Waals surface area (Å²) >= 11 is 1.84. The Hall–Kier alpha value is -9.18. The minimum atomic E-state index is -3.93. The fraction of sp³-hybridized carbons (Fsp3) is 0.286. The molecule has 9 aromatic rings. The second kappa shape index (κ2) is 32.4. The number of aromatic nitrogens is 8. The quantitative estimate of drug-likeness (QED) is 0.0224. The number of carbonyl (C=O) groups is 4. The van der Waals surface area contributed by atoms with Gasteiger partial charge >= 0.3 is 11.9 Å². The number of benzene rings is 5. The van der Waals surface area contributed by atoms with Gasteiger partial charge in [-0.25, -0.2) is 60.4 Å². The standard InChI is InChI=1S/C32H34N6O11S3.C24H25FN6O8S2/c1-21-6-9-26(10-7-21)52(43,44)49-13-12-47-24-5-3-4-22(14-24)18-46-20-28(31(40)45-2)34-30(39)17-38-16-23(36-37-38)19-48-25-8-11-27-29(15-25)50-32(35-27)51(33,41)42;25-6-7-38-17-3-1-2-15(8-17)12-37-14-20(23(33)34)27-22(32)11-31-10-16(29-30-31)13-39-18-4-5-19-21(9-18)40-24(28-19)41(26,35)36/h3-11,14-16,28H,12-13,17-20H2,1-2H3,(H,34,39)(H2,33,41,42);1-5,8-10,20H,6-7,11-14H2,(H,27,32)(H,33,34)(H2,26,35,36)/t28-;20-/m00/s1. The number of halogens is 1. The molecule has 4 heterocycles. The van der Waals surface area contributed by atoms with Crippen LogP contribution in [0.15, 0.2) is 135 Å². The number of nitrogens with zero attached hydrogens (tertiary/aromatic N) is 8. The summed E-state index contributed by atoms with van der Waals surface area (Å²) in [5.41, 5.74) is 4.03. The third-order valence-corrected chi connectivity index (χ3v) is 18.3. The van der Waals surface area contributed by atoms with Crippen LogP contribution in [0.4, 0.5) is 4.39 Å². The number of fused-ring (bicyclic) bond motifs is 2. The van der Waals surface area contributed by atoms with Gasteiger partial charge in [-0.2, -0.15) is 8.42 Å². The van der Waals surface area contributed by atoms with Crippen LogP contribution < -0.4 is 39.9 Å². The molecule has 0 spiro atoms. The zero-order valence-electron chi connectivity index (χ0n) is 49.1. The van der Waals surface area contributed by atoms with E-state index in [4.69, 9.17) is 47.6 Å². The number of hydrogen-bond acceptors (Lipinski definition) is 26. The molecular weight excluding hydrogens is 1320 g/mol. The highest BCUT2D eigenvalue weighted by atomic mass is 32.3. The maximum Gasteiger partial charge on any atom is 0.330 e. The third kappa shape index (κ3) is 21.4. The van der Waals surface area contributed by atoms with Crippen molar-refractivity contribution in [1.82, 2.24) is 50.6 Å². The topological polar surface area (TPSA) is 428 Å². The summed E-state index contributed by atoms with van der Waals surface area (Å²) in [6.07, 6.45) is 2.96. The second-order valence-corrected chi connectivity index (χ2v) is 26.7. The van der Waals surface area contributed by atoms with E-state index >= 15 is 0 Å². The lowest BCUT2D eigenvalue weighted by atomic mass is 10.2. The number of alkyl halides is 1. The van der Waals surface area contributed by atoms with Gasteiger partial charge in [0.2, 0.25) is 20.5 Å². The number of sulfonamides is 2. The van der Waals surface area contributed by atoms with E-state index in [0.717, 1.165) is 28.2 Å². The van der Waals surface area contributed by atoms with Crippen molar-refractivity contribution in [3.05, 3.63) is 150 Å². The van der Waals surface area contributed by atoms with Crippen molar-refractivity contribution < 1.29 is 91.3 Å². The fourth-order valence-corrected chi connectivity index (χ4v) is 12.3. The van der Waals surface area contributed by atoms with Crippen LogP contribution in [0.1, 0.15) is 28.1 Å². The van der Waals surface area contributed by atoms with E-state index in [0.29, 0.717) is 65.9 Å². The third-order valence-electron chi connectivity index (χ3n) is 12.3. The molecule has 93 heavy (non-hydrogen) atoms. The number of ether oxygens (including phenoxy) is 7. The molecule has 0 aliphatic carbocycles. The molecule has 494 valence electrons. The monoisotopic (exact) mass is 1380 g/mol. The molecule has 0 bridgehead atoms. The minimum Gasteiger partial charge on any atom is -0.491 e. The first-order valence-corrected chi connectivity index (χ1v) is 33.4. The smallest absolute Gasteiger partial charge is 0.330 e. The first-order valence-electron chi connectivity index (χ1n) is 27.3. The number of thiazole rings is 2. The lowest BCUT2D eigenvalue weighted by Gasteiger charge is -2.17. The molecule has 0 unspecified atom stereocenters. The Morgan fingerprint density at radius 3 is 1.55 bits per heavy atom. The number of aliphatic carboxylic acids is 1. The Balaban J connectivity index is 0.000000246. The Kier molecular flexibility index (Phi) is 24.3. The van der Waals surface area contributed by atoms with Crippen molar-refractivity contribution >= 4 is 97.0 Å². The molecule has 5 aromatic carbocycles. The van der Waals surface area contributed by atoms with Crippen LogP contribution in [-0.4, -0.2) is 153 Å². The zero-order chi connectivity index (χ0) is 66.7. The lowest BCUT2D eigenvalue weighted by molar-refractivity contribution is -0.147. The van der Waals surface area contributed by atoms with Gasteiger partial charge in [0.15, 0.2) is 12.1 Å². The van der Waals surface area contributed by atoms with Gasteiger partial charge in [-0.15, -0.1) is 32.9 Å². The summed E-state index contributed by atoms with van der Waals surface area (Å²) in [5, 5.41) is 40.4. The number of esters is 1. The van der Waals surface area contributed by atoms with E-state index in [1.54, 1.807) is 97.1 Å². The predicted octanol–water partition coefficient (Wildman–Crippen LogP) is 3.33. The molecule has 0 aliphatic heterocycles. The number of methoxy groups -OCH3 is 1. The molecule has 2 atom stereocenters. The second-order valence-electron chi connectivity index (χ2n) is 19.6. The van der Waals surface area contributed by atoms with Crippen molar-refractivity contribution in [1.29, 1.82) is 0 Å². The summed E-state index contributed by atoms with van der Waals surface area (Å²) in [5.74, 6) is -1.40. The maximum absolute atomic E-state index is 12.8. The molecule has 0 saturated heterocycles. The largest absolute Gasteiger partial charge is 0.491 e. The summed E-state index contributed by atoms with van der Waals surface area (Å²) in [7, 11) is -10.6. The van der Waals surface area contributed by atoms with Crippen molar-refractivity contribution in [2.75, 3.05) is 46.8 Å². The first-order chi connectivity index (χ1) is 44.4. The number of nitrogens with one attached hydrogen (secondary N) is 2.